The molecule has 22 heavy (non-hydrogen) atoms. The lowest BCUT2D eigenvalue weighted by Crippen LogP contribution is -2.11. The monoisotopic (exact) mass is 314 g/mol. The van der Waals surface area contributed by atoms with Crippen LogP contribution in [0, 0.1) is 13.8 Å². The van der Waals surface area contributed by atoms with Gasteiger partial charge in [-0.1, -0.05) is 12.1 Å². The largest absolute Gasteiger partial charge is 0.480 e. The number of carboxylic acid groups (broad SMARTS) is 1. The van der Waals surface area contributed by atoms with Gasteiger partial charge in [0.15, 0.2) is 12.0 Å². The third-order valence-electron chi connectivity index (χ3n) is 3.69. The van der Waals surface area contributed by atoms with E-state index in [2.05, 4.69) is 0 Å². The van der Waals surface area contributed by atoms with E-state index >= 15 is 0 Å². The molecule has 4 nitrogen and oxygen atoms in total. The molecule has 0 saturated heterocycles. The molecular weight excluding hydrogens is 300 g/mol. The number of rotatable bonds is 3. The van der Waals surface area contributed by atoms with Crippen LogP contribution in [0.25, 0.3) is 20.2 Å². The fourth-order valence-corrected chi connectivity index (χ4v) is 3.67. The van der Waals surface area contributed by atoms with Crippen molar-refractivity contribution in [2.24, 2.45) is 0 Å². The molecule has 0 saturated carbocycles. The van der Waals surface area contributed by atoms with Crippen molar-refractivity contribution >= 4 is 37.5 Å². The number of fused-ring (bicyclic) bond motifs is 2. The Labute approximate surface area is 130 Å². The van der Waals surface area contributed by atoms with Crippen LogP contribution in [-0.4, -0.2) is 17.7 Å². The van der Waals surface area contributed by atoms with Gasteiger partial charge in [-0.3, -0.25) is 4.79 Å². The maximum atomic E-state index is 12.8. The Morgan fingerprint density at radius 1 is 1.27 bits per heavy atom. The van der Waals surface area contributed by atoms with Crippen LogP contribution in [0.15, 0.2) is 35.1 Å². The molecule has 5 heteroatoms. The Bertz CT molecular complexity index is 956. The molecule has 0 unspecified atom stereocenters. The highest BCUT2D eigenvalue weighted by molar-refractivity contribution is 7.24. The summed E-state index contributed by atoms with van der Waals surface area (Å²) in [6, 6.07) is 9.22. The second-order valence-corrected chi connectivity index (χ2v) is 6.18. The molecule has 0 amide bonds. The standard InChI is InChI=1S/C17H14O4S/c1-9-7-12(21-8-14(18)19)17-15(10(9)2)16(20)11-5-3-4-6-13(11)22-17/h3-7H,8H2,1-2H3,(H,18,19). The quantitative estimate of drug-likeness (QED) is 0.752. The van der Waals surface area contributed by atoms with Crippen molar-refractivity contribution in [2.45, 2.75) is 13.8 Å². The zero-order chi connectivity index (χ0) is 15.9. The van der Waals surface area contributed by atoms with Crippen molar-refractivity contribution in [1.82, 2.24) is 0 Å². The molecule has 0 aliphatic rings. The summed E-state index contributed by atoms with van der Waals surface area (Å²) in [6.45, 7) is 3.37. The van der Waals surface area contributed by atoms with Gasteiger partial charge in [-0.05, 0) is 43.2 Å². The zero-order valence-electron chi connectivity index (χ0n) is 12.2. The number of ether oxygens (including phenoxy) is 1. The molecule has 1 heterocycles. The summed E-state index contributed by atoms with van der Waals surface area (Å²) in [5.41, 5.74) is 1.78. The predicted octanol–water partition coefficient (Wildman–Crippen LogP) is 3.49. The molecule has 112 valence electrons. The van der Waals surface area contributed by atoms with Gasteiger partial charge >= 0.3 is 5.97 Å². The van der Waals surface area contributed by atoms with Crippen LogP contribution >= 0.6 is 11.3 Å². The lowest BCUT2D eigenvalue weighted by atomic mass is 10.0. The van der Waals surface area contributed by atoms with Crippen LogP contribution in [0.1, 0.15) is 11.1 Å². The highest BCUT2D eigenvalue weighted by Crippen LogP contribution is 2.35. The molecule has 1 aromatic heterocycles. The number of benzene rings is 2. The van der Waals surface area contributed by atoms with E-state index in [0.29, 0.717) is 21.2 Å². The SMILES string of the molecule is Cc1cc(OCC(=O)O)c2sc3ccccc3c(=O)c2c1C. The van der Waals surface area contributed by atoms with Crippen molar-refractivity contribution in [1.29, 1.82) is 0 Å². The minimum atomic E-state index is -1.04. The highest BCUT2D eigenvalue weighted by Gasteiger charge is 2.15. The van der Waals surface area contributed by atoms with E-state index in [1.54, 1.807) is 6.07 Å². The molecule has 0 spiro atoms. The number of carboxylic acids is 1. The average Bonchev–Trinajstić information content (AvgIpc) is 2.49. The van der Waals surface area contributed by atoms with E-state index in [4.69, 9.17) is 9.84 Å². The Hall–Kier alpha value is -2.40. The summed E-state index contributed by atoms with van der Waals surface area (Å²) in [5, 5.41) is 10.1. The van der Waals surface area contributed by atoms with Crippen LogP contribution < -0.4 is 10.2 Å². The molecule has 0 atom stereocenters. The zero-order valence-corrected chi connectivity index (χ0v) is 13.0. The van der Waals surface area contributed by atoms with E-state index < -0.39 is 12.6 Å². The van der Waals surface area contributed by atoms with Gasteiger partial charge in [0.25, 0.3) is 0 Å². The first-order chi connectivity index (χ1) is 10.5. The minimum absolute atomic E-state index is 0.0364. The predicted molar refractivity (Wildman–Crippen MR) is 88.2 cm³/mol. The molecule has 2 aromatic carbocycles. The minimum Gasteiger partial charge on any atom is -0.480 e. The van der Waals surface area contributed by atoms with Crippen LogP contribution in [-0.2, 0) is 4.79 Å². The fraction of sp³-hybridized carbons (Fsp3) is 0.176. The number of aryl methyl sites for hydroxylation is 2. The molecule has 3 rings (SSSR count). The smallest absolute Gasteiger partial charge is 0.341 e. The van der Waals surface area contributed by atoms with E-state index in [1.165, 1.54) is 11.3 Å². The van der Waals surface area contributed by atoms with E-state index in [-0.39, 0.29) is 5.43 Å². The first kappa shape index (κ1) is 14.5. The van der Waals surface area contributed by atoms with Gasteiger partial charge in [0, 0.05) is 15.5 Å². The van der Waals surface area contributed by atoms with Gasteiger partial charge in [-0.25, -0.2) is 4.79 Å². The Morgan fingerprint density at radius 3 is 2.73 bits per heavy atom. The maximum absolute atomic E-state index is 12.8. The molecule has 0 radical (unpaired) electrons. The molecule has 3 aromatic rings. The lowest BCUT2D eigenvalue weighted by Gasteiger charge is -2.12. The van der Waals surface area contributed by atoms with E-state index in [0.717, 1.165) is 15.8 Å². The third-order valence-corrected chi connectivity index (χ3v) is 4.87. The third kappa shape index (κ3) is 2.33. The number of hydrogen-bond acceptors (Lipinski definition) is 4. The topological polar surface area (TPSA) is 63.6 Å². The van der Waals surface area contributed by atoms with E-state index in [1.807, 2.05) is 38.1 Å². The van der Waals surface area contributed by atoms with Crippen molar-refractivity contribution in [3.05, 3.63) is 51.7 Å². The summed E-state index contributed by atoms with van der Waals surface area (Å²) in [6.07, 6.45) is 0. The molecule has 0 bridgehead atoms. The van der Waals surface area contributed by atoms with Gasteiger partial charge in [0.1, 0.15) is 5.75 Å². The van der Waals surface area contributed by atoms with Crippen LogP contribution in [0.5, 0.6) is 5.75 Å². The molecule has 0 aliphatic carbocycles. The summed E-state index contributed by atoms with van der Waals surface area (Å²) in [4.78, 5) is 23.5. The average molecular weight is 314 g/mol. The van der Waals surface area contributed by atoms with Gasteiger partial charge in [-0.2, -0.15) is 0 Å². The van der Waals surface area contributed by atoms with Gasteiger partial charge in [-0.15, -0.1) is 11.3 Å². The van der Waals surface area contributed by atoms with Gasteiger partial charge in [0.05, 0.1) is 4.70 Å². The van der Waals surface area contributed by atoms with Crippen molar-refractivity contribution in [3.63, 3.8) is 0 Å². The highest BCUT2D eigenvalue weighted by atomic mass is 32.1. The number of hydrogen-bond donors (Lipinski definition) is 1. The van der Waals surface area contributed by atoms with Gasteiger partial charge in [0.2, 0.25) is 0 Å². The molecule has 1 N–H and O–H groups in total. The Balaban J connectivity index is 2.40. The van der Waals surface area contributed by atoms with Gasteiger partial charge < -0.3 is 9.84 Å². The van der Waals surface area contributed by atoms with Crippen LogP contribution in [0.3, 0.4) is 0 Å². The normalized spacial score (nSPS) is 11.0. The summed E-state index contributed by atoms with van der Waals surface area (Å²) in [7, 11) is 0. The fourth-order valence-electron chi connectivity index (χ4n) is 2.47. The van der Waals surface area contributed by atoms with Crippen LogP contribution in [0.4, 0.5) is 0 Å². The number of aliphatic carboxylic acids is 1. The second-order valence-electron chi connectivity index (χ2n) is 5.13. The van der Waals surface area contributed by atoms with Crippen LogP contribution in [0.2, 0.25) is 0 Å². The number of carbonyl (C=O) groups is 1. The maximum Gasteiger partial charge on any atom is 0.341 e. The molecule has 0 fully saturated rings. The molecular formula is C17H14O4S. The Morgan fingerprint density at radius 2 is 2.00 bits per heavy atom. The van der Waals surface area contributed by atoms with E-state index in [9.17, 15) is 9.59 Å². The first-order valence-electron chi connectivity index (χ1n) is 6.79. The summed E-state index contributed by atoms with van der Waals surface area (Å²) in [5.74, 6) is -0.590. The van der Waals surface area contributed by atoms with Crippen molar-refractivity contribution in [2.75, 3.05) is 6.61 Å². The van der Waals surface area contributed by atoms with Crippen molar-refractivity contribution < 1.29 is 14.6 Å². The Kier molecular flexibility index (Phi) is 3.58. The summed E-state index contributed by atoms with van der Waals surface area (Å²) < 4.78 is 6.96. The second kappa shape index (κ2) is 5.42. The summed E-state index contributed by atoms with van der Waals surface area (Å²) >= 11 is 1.45. The lowest BCUT2D eigenvalue weighted by molar-refractivity contribution is -0.139. The molecule has 0 aliphatic heterocycles. The van der Waals surface area contributed by atoms with Crippen molar-refractivity contribution in [3.8, 4) is 5.75 Å². The first-order valence-corrected chi connectivity index (χ1v) is 7.61.